The Bertz CT molecular complexity index is 927. The topological polar surface area (TPSA) is 95.0 Å². The average molecular weight is 484 g/mol. The number of hydrogen-bond donors (Lipinski definition) is 1. The van der Waals surface area contributed by atoms with Crippen LogP contribution in [0.15, 0.2) is 17.2 Å². The zero-order chi connectivity index (χ0) is 25.0. The number of sulfonamides is 1. The van der Waals surface area contributed by atoms with Crippen molar-refractivity contribution in [3.05, 3.63) is 18.0 Å². The Hall–Kier alpha value is -1.91. The lowest BCUT2D eigenvalue weighted by atomic mass is 9.91. The number of hydrogen-bond acceptors (Lipinski definition) is 5. The SMILES string of the molecule is CCN(CC)S(=O)(=O)c1cc(C(=O)N2CCC(C(=O)NCC(C)(C)CN(C)C)CC2)n(C)c1. The molecule has 0 bridgehead atoms. The number of carbonyl (C=O) groups is 2. The molecule has 2 amide bonds. The molecule has 9 nitrogen and oxygen atoms in total. The number of rotatable bonds is 10. The fourth-order valence-electron chi connectivity index (χ4n) is 4.49. The van der Waals surface area contributed by atoms with Crippen molar-refractivity contribution in [3.63, 3.8) is 0 Å². The second-order valence-electron chi connectivity index (χ2n) is 9.95. The van der Waals surface area contributed by atoms with Gasteiger partial charge in [-0.3, -0.25) is 9.59 Å². The standard InChI is InChI=1S/C23H41N5O4S/c1-8-28(9-2)33(31,32)19-14-20(26(7)15-19)22(30)27-12-10-18(11-13-27)21(29)24-16-23(3,4)17-25(5)6/h14-15,18H,8-13,16-17H2,1-7H3,(H,24,29). The summed E-state index contributed by atoms with van der Waals surface area (Å²) in [6.07, 6.45) is 2.69. The van der Waals surface area contributed by atoms with Crippen LogP contribution >= 0.6 is 0 Å². The lowest BCUT2D eigenvalue weighted by Crippen LogP contribution is -2.46. The highest BCUT2D eigenvalue weighted by Gasteiger charge is 2.31. The second kappa shape index (κ2) is 11.0. The van der Waals surface area contributed by atoms with Gasteiger partial charge < -0.3 is 19.7 Å². The van der Waals surface area contributed by atoms with E-state index < -0.39 is 10.0 Å². The maximum Gasteiger partial charge on any atom is 0.270 e. The van der Waals surface area contributed by atoms with E-state index in [1.54, 1.807) is 30.4 Å². The number of carbonyl (C=O) groups excluding carboxylic acids is 2. The maximum absolute atomic E-state index is 13.1. The summed E-state index contributed by atoms with van der Waals surface area (Å²) in [6, 6.07) is 1.46. The number of nitrogens with zero attached hydrogens (tertiary/aromatic N) is 4. The van der Waals surface area contributed by atoms with Crippen LogP contribution in [-0.4, -0.2) is 92.3 Å². The van der Waals surface area contributed by atoms with E-state index >= 15 is 0 Å². The van der Waals surface area contributed by atoms with Gasteiger partial charge in [-0.2, -0.15) is 4.31 Å². The van der Waals surface area contributed by atoms with Crippen LogP contribution in [-0.2, 0) is 21.9 Å². The minimum absolute atomic E-state index is 0.0223. The maximum atomic E-state index is 13.1. The molecule has 0 spiro atoms. The molecule has 1 aliphatic heterocycles. The molecule has 10 heteroatoms. The van der Waals surface area contributed by atoms with E-state index in [-0.39, 0.29) is 28.0 Å². The van der Waals surface area contributed by atoms with Crippen LogP contribution in [0.5, 0.6) is 0 Å². The van der Waals surface area contributed by atoms with E-state index in [0.29, 0.717) is 51.3 Å². The third kappa shape index (κ3) is 6.80. The van der Waals surface area contributed by atoms with E-state index in [9.17, 15) is 18.0 Å². The molecule has 0 aliphatic carbocycles. The molecule has 0 radical (unpaired) electrons. The van der Waals surface area contributed by atoms with Gasteiger partial charge in [0.05, 0.1) is 0 Å². The molecule has 1 fully saturated rings. The molecule has 2 heterocycles. The summed E-state index contributed by atoms with van der Waals surface area (Å²) >= 11 is 0. The predicted molar refractivity (Wildman–Crippen MR) is 129 cm³/mol. The summed E-state index contributed by atoms with van der Waals surface area (Å²) in [6.45, 7) is 11.0. The Morgan fingerprint density at radius 3 is 2.24 bits per heavy atom. The van der Waals surface area contributed by atoms with E-state index in [2.05, 4.69) is 24.1 Å². The van der Waals surface area contributed by atoms with Crippen LogP contribution in [0.1, 0.15) is 51.0 Å². The molecule has 0 atom stereocenters. The highest BCUT2D eigenvalue weighted by atomic mass is 32.2. The third-order valence-corrected chi connectivity index (χ3v) is 8.20. The summed E-state index contributed by atoms with van der Waals surface area (Å²) in [7, 11) is 2.09. The van der Waals surface area contributed by atoms with Gasteiger partial charge in [-0.05, 0) is 38.4 Å². The molecule has 1 N–H and O–H groups in total. The van der Waals surface area contributed by atoms with Crippen molar-refractivity contribution in [3.8, 4) is 0 Å². The first kappa shape index (κ1) is 27.3. The van der Waals surface area contributed by atoms with Crippen LogP contribution in [0.3, 0.4) is 0 Å². The van der Waals surface area contributed by atoms with Gasteiger partial charge in [0.1, 0.15) is 10.6 Å². The van der Waals surface area contributed by atoms with Gasteiger partial charge in [-0.25, -0.2) is 8.42 Å². The number of aromatic nitrogens is 1. The minimum atomic E-state index is -3.63. The Morgan fingerprint density at radius 2 is 1.73 bits per heavy atom. The largest absolute Gasteiger partial charge is 0.355 e. The summed E-state index contributed by atoms with van der Waals surface area (Å²) < 4.78 is 28.6. The summed E-state index contributed by atoms with van der Waals surface area (Å²) in [4.78, 5) is 29.7. The van der Waals surface area contributed by atoms with Gasteiger partial charge in [-0.1, -0.05) is 27.7 Å². The Kier molecular flexibility index (Phi) is 9.12. The number of piperidine rings is 1. The van der Waals surface area contributed by atoms with E-state index in [1.165, 1.54) is 16.6 Å². The predicted octanol–water partition coefficient (Wildman–Crippen LogP) is 1.61. The number of amides is 2. The van der Waals surface area contributed by atoms with Gasteiger partial charge >= 0.3 is 0 Å². The van der Waals surface area contributed by atoms with Crippen LogP contribution in [0.2, 0.25) is 0 Å². The Balaban J connectivity index is 1.98. The zero-order valence-corrected chi connectivity index (χ0v) is 22.0. The first-order valence-electron chi connectivity index (χ1n) is 11.7. The van der Waals surface area contributed by atoms with Gasteiger partial charge in [0.25, 0.3) is 5.91 Å². The summed E-state index contributed by atoms with van der Waals surface area (Å²) in [5.74, 6) is -0.277. The van der Waals surface area contributed by atoms with Crippen LogP contribution in [0, 0.1) is 11.3 Å². The highest BCUT2D eigenvalue weighted by molar-refractivity contribution is 7.89. The van der Waals surface area contributed by atoms with Gasteiger partial charge in [0.15, 0.2) is 0 Å². The smallest absolute Gasteiger partial charge is 0.270 e. The quantitative estimate of drug-likeness (QED) is 0.546. The van der Waals surface area contributed by atoms with Crippen molar-refractivity contribution in [2.24, 2.45) is 18.4 Å². The lowest BCUT2D eigenvalue weighted by molar-refractivity contribution is -0.126. The lowest BCUT2D eigenvalue weighted by Gasteiger charge is -2.33. The molecule has 33 heavy (non-hydrogen) atoms. The molecule has 0 unspecified atom stereocenters. The molecule has 1 aromatic rings. The first-order chi connectivity index (χ1) is 15.3. The fraction of sp³-hybridized carbons (Fsp3) is 0.739. The van der Waals surface area contributed by atoms with E-state index in [0.717, 1.165) is 6.54 Å². The Labute approximate surface area is 199 Å². The molecular weight excluding hydrogens is 442 g/mol. The minimum Gasteiger partial charge on any atom is -0.355 e. The van der Waals surface area contributed by atoms with Crippen LogP contribution in [0.25, 0.3) is 0 Å². The molecule has 1 saturated heterocycles. The van der Waals surface area contributed by atoms with Gasteiger partial charge in [0.2, 0.25) is 15.9 Å². The van der Waals surface area contributed by atoms with Crippen molar-refractivity contribution < 1.29 is 18.0 Å². The van der Waals surface area contributed by atoms with Crippen molar-refractivity contribution >= 4 is 21.8 Å². The second-order valence-corrected chi connectivity index (χ2v) is 11.9. The number of nitrogens with one attached hydrogen (secondary N) is 1. The number of likely N-dealkylation sites (tertiary alicyclic amines) is 1. The monoisotopic (exact) mass is 483 g/mol. The van der Waals surface area contributed by atoms with Crippen molar-refractivity contribution in [2.75, 3.05) is 53.4 Å². The number of aryl methyl sites for hydroxylation is 1. The van der Waals surface area contributed by atoms with Gasteiger partial charge in [0, 0.05) is 58.4 Å². The Morgan fingerprint density at radius 1 is 1.15 bits per heavy atom. The summed E-state index contributed by atoms with van der Waals surface area (Å²) in [5.41, 5.74) is 0.319. The van der Waals surface area contributed by atoms with E-state index in [4.69, 9.17) is 0 Å². The molecule has 1 aromatic heterocycles. The van der Waals surface area contributed by atoms with Crippen LogP contribution in [0.4, 0.5) is 0 Å². The van der Waals surface area contributed by atoms with E-state index in [1.807, 2.05) is 14.1 Å². The fourth-order valence-corrected chi connectivity index (χ4v) is 6.02. The highest BCUT2D eigenvalue weighted by Crippen LogP contribution is 2.23. The molecule has 2 rings (SSSR count). The molecule has 1 aliphatic rings. The molecule has 0 saturated carbocycles. The van der Waals surface area contributed by atoms with Crippen molar-refractivity contribution in [2.45, 2.75) is 45.4 Å². The third-order valence-electron chi connectivity index (χ3n) is 6.18. The van der Waals surface area contributed by atoms with Gasteiger partial charge in [-0.15, -0.1) is 0 Å². The average Bonchev–Trinajstić information content (AvgIpc) is 3.14. The van der Waals surface area contributed by atoms with Crippen molar-refractivity contribution in [1.82, 2.24) is 24.0 Å². The molecule has 0 aromatic carbocycles. The summed E-state index contributed by atoms with van der Waals surface area (Å²) in [5, 5.41) is 3.08. The first-order valence-corrected chi connectivity index (χ1v) is 13.1. The normalized spacial score (nSPS) is 16.0. The van der Waals surface area contributed by atoms with Crippen LogP contribution < -0.4 is 5.32 Å². The molecular formula is C23H41N5O4S. The van der Waals surface area contributed by atoms with Crippen molar-refractivity contribution in [1.29, 1.82) is 0 Å². The zero-order valence-electron chi connectivity index (χ0n) is 21.2. The molecule has 188 valence electrons.